The van der Waals surface area contributed by atoms with Crippen molar-refractivity contribution in [2.24, 2.45) is 0 Å². The Morgan fingerprint density at radius 1 is 0.875 bits per heavy atom. The van der Waals surface area contributed by atoms with Crippen LogP contribution in [0.1, 0.15) is 11.1 Å². The molecule has 2 rings (SSSR count). The second-order valence-corrected chi connectivity index (χ2v) is 3.79. The van der Waals surface area contributed by atoms with Crippen LogP contribution in [-0.4, -0.2) is 5.11 Å². The average Bonchev–Trinajstić information content (AvgIpc) is 2.26. The summed E-state index contributed by atoms with van der Waals surface area (Å²) in [4.78, 5) is 0. The minimum Gasteiger partial charge on any atom is -0.504 e. The number of benzene rings is 2. The van der Waals surface area contributed by atoms with Gasteiger partial charge in [0.15, 0.2) is 11.5 Å². The zero-order chi connectivity index (χ0) is 11.5. The van der Waals surface area contributed by atoms with Crippen molar-refractivity contribution in [3.63, 3.8) is 0 Å². The number of aryl methyl sites for hydroxylation is 2. The molecule has 16 heavy (non-hydrogen) atoms. The summed E-state index contributed by atoms with van der Waals surface area (Å²) < 4.78 is 5.72. The zero-order valence-electron chi connectivity index (χ0n) is 9.40. The normalized spacial score (nSPS) is 10.1. The van der Waals surface area contributed by atoms with Crippen molar-refractivity contribution in [1.82, 2.24) is 0 Å². The molecule has 0 amide bonds. The van der Waals surface area contributed by atoms with Gasteiger partial charge in [0.25, 0.3) is 0 Å². The van der Waals surface area contributed by atoms with Gasteiger partial charge in [-0.3, -0.25) is 0 Å². The monoisotopic (exact) mass is 214 g/mol. The topological polar surface area (TPSA) is 29.5 Å². The summed E-state index contributed by atoms with van der Waals surface area (Å²) in [5.74, 6) is 1.45. The molecule has 82 valence electrons. The molecular weight excluding hydrogens is 200 g/mol. The lowest BCUT2D eigenvalue weighted by atomic mass is 10.1. The number of hydrogen-bond donors (Lipinski definition) is 1. The van der Waals surface area contributed by atoms with Gasteiger partial charge in [0, 0.05) is 0 Å². The van der Waals surface area contributed by atoms with Crippen molar-refractivity contribution in [1.29, 1.82) is 0 Å². The third kappa shape index (κ3) is 2.01. The van der Waals surface area contributed by atoms with Crippen LogP contribution in [0.25, 0.3) is 0 Å². The van der Waals surface area contributed by atoms with E-state index >= 15 is 0 Å². The van der Waals surface area contributed by atoms with Crippen LogP contribution in [0.4, 0.5) is 0 Å². The summed E-state index contributed by atoms with van der Waals surface area (Å²) in [6.07, 6.45) is 0. The molecule has 2 aromatic carbocycles. The number of hydrogen-bond acceptors (Lipinski definition) is 2. The summed E-state index contributed by atoms with van der Waals surface area (Å²) in [6, 6.07) is 12.9. The lowest BCUT2D eigenvalue weighted by Crippen LogP contribution is -1.90. The lowest BCUT2D eigenvalue weighted by Gasteiger charge is -2.12. The average molecular weight is 214 g/mol. The molecule has 2 heteroatoms. The van der Waals surface area contributed by atoms with Gasteiger partial charge in [0.2, 0.25) is 0 Å². The van der Waals surface area contributed by atoms with Crippen LogP contribution in [0, 0.1) is 13.8 Å². The first-order valence-electron chi connectivity index (χ1n) is 5.20. The molecule has 0 spiro atoms. The summed E-state index contributed by atoms with van der Waals surface area (Å²) in [7, 11) is 0. The Balaban J connectivity index is 2.38. The van der Waals surface area contributed by atoms with Gasteiger partial charge in [0.05, 0.1) is 0 Å². The van der Waals surface area contributed by atoms with Crippen molar-refractivity contribution < 1.29 is 9.84 Å². The molecule has 2 aromatic rings. The number of phenolic OH excluding ortho intramolecular Hbond substituents is 1. The molecule has 0 unspecified atom stereocenters. The van der Waals surface area contributed by atoms with E-state index in [1.165, 1.54) is 0 Å². The third-order valence-electron chi connectivity index (χ3n) is 2.49. The SMILES string of the molecule is Cc1cccc(C)c1Oc1ccccc1O. The number of ether oxygens (including phenoxy) is 1. The molecule has 0 radical (unpaired) electrons. The van der Waals surface area contributed by atoms with Gasteiger partial charge in [-0.05, 0) is 37.1 Å². The first kappa shape index (κ1) is 10.6. The highest BCUT2D eigenvalue weighted by Crippen LogP contribution is 2.33. The van der Waals surface area contributed by atoms with Gasteiger partial charge < -0.3 is 9.84 Å². The van der Waals surface area contributed by atoms with Crippen molar-refractivity contribution in [3.8, 4) is 17.2 Å². The summed E-state index contributed by atoms with van der Waals surface area (Å²) >= 11 is 0. The van der Waals surface area contributed by atoms with Crippen LogP contribution in [-0.2, 0) is 0 Å². The Morgan fingerprint density at radius 3 is 2.12 bits per heavy atom. The second-order valence-electron chi connectivity index (χ2n) is 3.79. The minimum absolute atomic E-state index is 0.158. The molecule has 1 N–H and O–H groups in total. The zero-order valence-corrected chi connectivity index (χ0v) is 9.40. The second kappa shape index (κ2) is 4.27. The fourth-order valence-corrected chi connectivity index (χ4v) is 1.61. The highest BCUT2D eigenvalue weighted by Gasteiger charge is 2.07. The van der Waals surface area contributed by atoms with E-state index in [1.54, 1.807) is 18.2 Å². The number of phenols is 1. The maximum atomic E-state index is 9.63. The molecule has 2 nitrogen and oxygen atoms in total. The van der Waals surface area contributed by atoms with E-state index in [4.69, 9.17) is 4.74 Å². The van der Waals surface area contributed by atoms with E-state index in [9.17, 15) is 5.11 Å². The first-order chi connectivity index (χ1) is 7.68. The summed E-state index contributed by atoms with van der Waals surface area (Å²) in [5.41, 5.74) is 2.12. The number of para-hydroxylation sites is 3. The van der Waals surface area contributed by atoms with Crippen LogP contribution < -0.4 is 4.74 Å². The van der Waals surface area contributed by atoms with Crippen LogP contribution >= 0.6 is 0 Å². The van der Waals surface area contributed by atoms with Gasteiger partial charge in [0.1, 0.15) is 5.75 Å². The fraction of sp³-hybridized carbons (Fsp3) is 0.143. The summed E-state index contributed by atoms with van der Waals surface area (Å²) in [5, 5.41) is 9.63. The van der Waals surface area contributed by atoms with Gasteiger partial charge in [-0.15, -0.1) is 0 Å². The highest BCUT2D eigenvalue weighted by molar-refractivity contribution is 5.46. The van der Waals surface area contributed by atoms with E-state index in [0.29, 0.717) is 5.75 Å². The Hall–Kier alpha value is -1.96. The largest absolute Gasteiger partial charge is 0.504 e. The standard InChI is InChI=1S/C14H14O2/c1-10-6-5-7-11(2)14(10)16-13-9-4-3-8-12(13)15/h3-9,15H,1-2H3. The molecule has 0 heterocycles. The Bertz CT molecular complexity index is 484. The number of rotatable bonds is 2. The van der Waals surface area contributed by atoms with E-state index in [-0.39, 0.29) is 5.75 Å². The molecule has 0 bridgehead atoms. The Kier molecular flexibility index (Phi) is 2.82. The van der Waals surface area contributed by atoms with E-state index in [1.807, 2.05) is 38.1 Å². The van der Waals surface area contributed by atoms with Gasteiger partial charge >= 0.3 is 0 Å². The maximum Gasteiger partial charge on any atom is 0.169 e. The van der Waals surface area contributed by atoms with Gasteiger partial charge in [-0.2, -0.15) is 0 Å². The lowest BCUT2D eigenvalue weighted by molar-refractivity contribution is 0.408. The quantitative estimate of drug-likeness (QED) is 0.823. The highest BCUT2D eigenvalue weighted by atomic mass is 16.5. The number of aromatic hydroxyl groups is 1. The van der Waals surface area contributed by atoms with Crippen LogP contribution in [0.5, 0.6) is 17.2 Å². The fourth-order valence-electron chi connectivity index (χ4n) is 1.61. The third-order valence-corrected chi connectivity index (χ3v) is 2.49. The molecule has 0 atom stereocenters. The predicted octanol–water partition coefficient (Wildman–Crippen LogP) is 3.80. The predicted molar refractivity (Wildman–Crippen MR) is 64.1 cm³/mol. The van der Waals surface area contributed by atoms with E-state index in [0.717, 1.165) is 16.9 Å². The molecule has 0 aliphatic heterocycles. The van der Waals surface area contributed by atoms with Crippen LogP contribution in [0.3, 0.4) is 0 Å². The van der Waals surface area contributed by atoms with Crippen molar-refractivity contribution >= 4 is 0 Å². The molecule has 0 saturated heterocycles. The summed E-state index contributed by atoms with van der Waals surface area (Å²) in [6.45, 7) is 3.98. The first-order valence-corrected chi connectivity index (χ1v) is 5.20. The Labute approximate surface area is 95.1 Å². The van der Waals surface area contributed by atoms with E-state index < -0.39 is 0 Å². The molecule has 0 aromatic heterocycles. The van der Waals surface area contributed by atoms with Crippen LogP contribution in [0.15, 0.2) is 42.5 Å². The van der Waals surface area contributed by atoms with Gasteiger partial charge in [-0.1, -0.05) is 30.3 Å². The molecular formula is C14H14O2. The van der Waals surface area contributed by atoms with Gasteiger partial charge in [-0.25, -0.2) is 0 Å². The van der Waals surface area contributed by atoms with Crippen LogP contribution in [0.2, 0.25) is 0 Å². The van der Waals surface area contributed by atoms with Crippen molar-refractivity contribution in [2.75, 3.05) is 0 Å². The molecule has 0 saturated carbocycles. The Morgan fingerprint density at radius 2 is 1.50 bits per heavy atom. The minimum atomic E-state index is 0.158. The maximum absolute atomic E-state index is 9.63. The molecule has 0 fully saturated rings. The van der Waals surface area contributed by atoms with E-state index in [2.05, 4.69) is 0 Å². The van der Waals surface area contributed by atoms with Crippen molar-refractivity contribution in [2.45, 2.75) is 13.8 Å². The van der Waals surface area contributed by atoms with Crippen molar-refractivity contribution in [3.05, 3.63) is 53.6 Å². The molecule has 0 aliphatic carbocycles. The molecule has 0 aliphatic rings. The smallest absolute Gasteiger partial charge is 0.169 e.